The highest BCUT2D eigenvalue weighted by atomic mass is 32.2. The van der Waals surface area contributed by atoms with Crippen LogP contribution in [0.4, 0.5) is 13.2 Å². The summed E-state index contributed by atoms with van der Waals surface area (Å²) in [6.07, 6.45) is -1.31. The number of carbonyl (C=O) groups excluding carboxylic acids is 1. The highest BCUT2D eigenvalue weighted by Crippen LogP contribution is 2.38. The zero-order valence-corrected chi connectivity index (χ0v) is 17.5. The first-order valence-corrected chi connectivity index (χ1v) is 11.4. The van der Waals surface area contributed by atoms with E-state index in [-0.39, 0.29) is 16.7 Å². The van der Waals surface area contributed by atoms with Crippen LogP contribution in [0.15, 0.2) is 29.2 Å². The number of piperidine rings is 1. The molecule has 1 aromatic carbocycles. The number of hydrogen-bond acceptors (Lipinski definition) is 3. The summed E-state index contributed by atoms with van der Waals surface area (Å²) in [6.45, 7) is 4.91. The van der Waals surface area contributed by atoms with Crippen LogP contribution in [0, 0.1) is 5.92 Å². The maximum Gasteiger partial charge on any atom is 0.416 e. The summed E-state index contributed by atoms with van der Waals surface area (Å²) in [5.41, 5.74) is -0.963. The van der Waals surface area contributed by atoms with Gasteiger partial charge in [-0.2, -0.15) is 13.2 Å². The van der Waals surface area contributed by atoms with Gasteiger partial charge in [-0.3, -0.25) is 4.79 Å². The monoisotopic (exact) mass is 433 g/mol. The summed E-state index contributed by atoms with van der Waals surface area (Å²) in [5, 5.41) is 2.96. The Kier molecular flexibility index (Phi) is 6.02. The first kappa shape index (κ1) is 22.1. The summed E-state index contributed by atoms with van der Waals surface area (Å²) >= 11 is 0. The molecule has 1 saturated carbocycles. The summed E-state index contributed by atoms with van der Waals surface area (Å²) in [7, 11) is -3.96. The van der Waals surface area contributed by atoms with Crippen molar-refractivity contribution < 1.29 is 31.3 Å². The second-order valence-corrected chi connectivity index (χ2v) is 11.2. The average molecular weight is 434 g/mol. The van der Waals surface area contributed by atoms with Gasteiger partial charge < -0.3 is 10.2 Å². The second kappa shape index (κ2) is 7.91. The van der Waals surface area contributed by atoms with E-state index in [4.69, 9.17) is 0 Å². The van der Waals surface area contributed by atoms with Gasteiger partial charge in [0.2, 0.25) is 0 Å². The number of rotatable bonds is 6. The van der Waals surface area contributed by atoms with Gasteiger partial charge in [-0.1, -0.05) is 6.07 Å². The van der Waals surface area contributed by atoms with Crippen LogP contribution < -0.4 is 10.2 Å². The smallest absolute Gasteiger partial charge is 0.348 e. The molecule has 0 bridgehead atoms. The van der Waals surface area contributed by atoms with Crippen molar-refractivity contribution in [2.75, 3.05) is 19.6 Å². The number of likely N-dealkylation sites (tertiary alicyclic amines) is 1. The molecule has 2 aliphatic rings. The normalized spacial score (nSPS) is 23.6. The number of quaternary nitrogens is 1. The molecule has 1 aliphatic heterocycles. The summed E-state index contributed by atoms with van der Waals surface area (Å²) in [4.78, 5) is 12.8. The minimum atomic E-state index is -4.59. The number of nitrogens with one attached hydrogen (secondary N) is 2. The lowest BCUT2D eigenvalue weighted by atomic mass is 9.86. The number of halogens is 3. The third kappa shape index (κ3) is 4.94. The lowest BCUT2D eigenvalue weighted by molar-refractivity contribution is -0.898. The Bertz CT molecular complexity index is 856. The molecular formula is C20H28F3N2O3S+. The van der Waals surface area contributed by atoms with E-state index in [0.717, 1.165) is 35.9 Å². The maximum atomic E-state index is 13.2. The van der Waals surface area contributed by atoms with Crippen LogP contribution in [0.1, 0.15) is 45.1 Å². The van der Waals surface area contributed by atoms with Gasteiger partial charge in [0.25, 0.3) is 5.91 Å². The van der Waals surface area contributed by atoms with E-state index in [9.17, 15) is 26.4 Å². The fraction of sp³-hybridized carbons (Fsp3) is 0.650. The number of amides is 1. The SMILES string of the molecule is CC(C)(C1CC[NH+](CC(=O)NC2CC2)CC1)S(=O)(=O)c1cccc(C(F)(F)F)c1. The molecular weight excluding hydrogens is 405 g/mol. The molecule has 29 heavy (non-hydrogen) atoms. The van der Waals surface area contributed by atoms with Gasteiger partial charge >= 0.3 is 6.18 Å². The van der Waals surface area contributed by atoms with Crippen LogP contribution in [0.2, 0.25) is 0 Å². The Labute approximate surface area is 169 Å². The van der Waals surface area contributed by atoms with Crippen molar-refractivity contribution in [3.63, 3.8) is 0 Å². The van der Waals surface area contributed by atoms with E-state index in [1.54, 1.807) is 13.8 Å². The number of sulfone groups is 1. The molecule has 0 unspecified atom stereocenters. The van der Waals surface area contributed by atoms with Crippen LogP contribution in [-0.4, -0.2) is 44.7 Å². The van der Waals surface area contributed by atoms with Gasteiger partial charge in [-0.15, -0.1) is 0 Å². The number of hydrogen-bond donors (Lipinski definition) is 2. The van der Waals surface area contributed by atoms with Crippen LogP contribution in [0.5, 0.6) is 0 Å². The number of alkyl halides is 3. The fourth-order valence-corrected chi connectivity index (χ4v) is 5.82. The zero-order chi connectivity index (χ0) is 21.4. The molecule has 0 radical (unpaired) electrons. The Morgan fingerprint density at radius 1 is 1.14 bits per heavy atom. The molecule has 5 nitrogen and oxygen atoms in total. The highest BCUT2D eigenvalue weighted by Gasteiger charge is 2.45. The molecule has 2 fully saturated rings. The van der Waals surface area contributed by atoms with Crippen LogP contribution >= 0.6 is 0 Å². The first-order valence-electron chi connectivity index (χ1n) is 9.96. The molecule has 2 N–H and O–H groups in total. The van der Waals surface area contributed by atoms with E-state index in [2.05, 4.69) is 5.32 Å². The van der Waals surface area contributed by atoms with E-state index >= 15 is 0 Å². The minimum absolute atomic E-state index is 0.0248. The van der Waals surface area contributed by atoms with Crippen LogP contribution in [0.25, 0.3) is 0 Å². The molecule has 9 heteroatoms. The average Bonchev–Trinajstić information content (AvgIpc) is 3.45. The fourth-order valence-electron chi connectivity index (χ4n) is 3.99. The zero-order valence-electron chi connectivity index (χ0n) is 16.7. The third-order valence-electron chi connectivity index (χ3n) is 6.19. The number of carbonyl (C=O) groups is 1. The largest absolute Gasteiger partial charge is 0.416 e. The third-order valence-corrected chi connectivity index (χ3v) is 8.79. The lowest BCUT2D eigenvalue weighted by Crippen LogP contribution is -3.14. The number of benzene rings is 1. The lowest BCUT2D eigenvalue weighted by Gasteiger charge is -2.38. The Hall–Kier alpha value is -1.61. The summed E-state index contributed by atoms with van der Waals surface area (Å²) < 4.78 is 64.2. The van der Waals surface area contributed by atoms with Crippen LogP contribution in [-0.2, 0) is 20.8 Å². The van der Waals surface area contributed by atoms with Gasteiger partial charge in [0.05, 0.1) is 28.3 Å². The predicted molar refractivity (Wildman–Crippen MR) is 102 cm³/mol. The molecule has 0 spiro atoms. The van der Waals surface area contributed by atoms with Crippen molar-refractivity contribution in [2.45, 2.75) is 61.4 Å². The standard InChI is InChI=1S/C20H27F3N2O3S/c1-19(2,29(27,28)17-5-3-4-15(12-17)20(21,22)23)14-8-10-25(11-9-14)13-18(26)24-16-6-7-16/h3-5,12,14,16H,6-11,13H2,1-2H3,(H,24,26)/p+1. The molecule has 1 aliphatic carbocycles. The van der Waals surface area contributed by atoms with E-state index in [1.165, 1.54) is 6.07 Å². The Balaban J connectivity index is 1.67. The van der Waals surface area contributed by atoms with Crippen molar-refractivity contribution >= 4 is 15.7 Å². The van der Waals surface area contributed by atoms with Gasteiger partial charge in [0, 0.05) is 18.9 Å². The van der Waals surface area contributed by atoms with Gasteiger partial charge in [0.1, 0.15) is 0 Å². The van der Waals surface area contributed by atoms with E-state index < -0.39 is 26.3 Å². The quantitative estimate of drug-likeness (QED) is 0.719. The van der Waals surface area contributed by atoms with Crippen molar-refractivity contribution in [3.8, 4) is 0 Å². The Morgan fingerprint density at radius 3 is 2.31 bits per heavy atom. The molecule has 1 heterocycles. The van der Waals surface area contributed by atoms with Crippen molar-refractivity contribution in [2.24, 2.45) is 5.92 Å². The first-order chi connectivity index (χ1) is 13.4. The summed E-state index contributed by atoms with van der Waals surface area (Å²) in [5.74, 6) is -0.158. The topological polar surface area (TPSA) is 67.7 Å². The van der Waals surface area contributed by atoms with Crippen LogP contribution in [0.3, 0.4) is 0 Å². The maximum absolute atomic E-state index is 13.2. The van der Waals surface area contributed by atoms with Crippen molar-refractivity contribution in [3.05, 3.63) is 29.8 Å². The Morgan fingerprint density at radius 2 is 1.76 bits per heavy atom. The summed E-state index contributed by atoms with van der Waals surface area (Å²) in [6, 6.07) is 4.28. The molecule has 1 aromatic rings. The molecule has 0 aromatic heterocycles. The predicted octanol–water partition coefficient (Wildman–Crippen LogP) is 1.83. The molecule has 0 atom stereocenters. The van der Waals surface area contributed by atoms with E-state index in [1.807, 2.05) is 0 Å². The van der Waals surface area contributed by atoms with Gasteiger partial charge in [-0.05, 0) is 50.8 Å². The molecule has 1 amide bonds. The van der Waals surface area contributed by atoms with Gasteiger partial charge in [0.15, 0.2) is 16.4 Å². The molecule has 162 valence electrons. The van der Waals surface area contributed by atoms with Crippen molar-refractivity contribution in [1.82, 2.24) is 5.32 Å². The molecule has 3 rings (SSSR count). The highest BCUT2D eigenvalue weighted by molar-refractivity contribution is 7.92. The second-order valence-electron chi connectivity index (χ2n) is 8.68. The van der Waals surface area contributed by atoms with Crippen molar-refractivity contribution in [1.29, 1.82) is 0 Å². The van der Waals surface area contributed by atoms with E-state index in [0.29, 0.717) is 38.5 Å². The van der Waals surface area contributed by atoms with Gasteiger partial charge in [-0.25, -0.2) is 8.42 Å². The minimum Gasteiger partial charge on any atom is -0.348 e. The molecule has 1 saturated heterocycles.